The lowest BCUT2D eigenvalue weighted by Crippen LogP contribution is -1.96. The van der Waals surface area contributed by atoms with Gasteiger partial charge in [-0.25, -0.2) is 0 Å². The van der Waals surface area contributed by atoms with Gasteiger partial charge in [0.05, 0.1) is 0 Å². The van der Waals surface area contributed by atoms with Gasteiger partial charge in [-0.05, 0) is 60.8 Å². The molecule has 0 fully saturated rings. The lowest BCUT2D eigenvalue weighted by atomic mass is 9.93. The van der Waals surface area contributed by atoms with Crippen LogP contribution in [0.25, 0.3) is 11.1 Å². The molecule has 0 atom stereocenters. The molecular formula is C20H26O2. The average Bonchev–Trinajstić information content (AvgIpc) is 2.57. The summed E-state index contributed by atoms with van der Waals surface area (Å²) in [6.07, 6.45) is 5.76. The average molecular weight is 298 g/mol. The van der Waals surface area contributed by atoms with E-state index < -0.39 is 0 Å². The predicted octanol–water partition coefficient (Wildman–Crippen LogP) is 3.98. The molecule has 0 heterocycles. The Balaban J connectivity index is 2.21. The molecule has 0 spiro atoms. The molecule has 2 aromatic carbocycles. The molecule has 0 amide bonds. The van der Waals surface area contributed by atoms with Crippen molar-refractivity contribution < 1.29 is 10.2 Å². The summed E-state index contributed by atoms with van der Waals surface area (Å²) in [5, 5.41) is 17.9. The highest BCUT2D eigenvalue weighted by molar-refractivity contribution is 5.68. The summed E-state index contributed by atoms with van der Waals surface area (Å²) in [6, 6.07) is 17.2. The van der Waals surface area contributed by atoms with Gasteiger partial charge in [-0.1, -0.05) is 48.5 Å². The van der Waals surface area contributed by atoms with E-state index in [-0.39, 0.29) is 13.2 Å². The van der Waals surface area contributed by atoms with Gasteiger partial charge in [0.25, 0.3) is 0 Å². The molecule has 0 saturated carbocycles. The first-order valence-corrected chi connectivity index (χ1v) is 8.24. The molecule has 0 aliphatic rings. The van der Waals surface area contributed by atoms with Crippen molar-refractivity contribution in [3.8, 4) is 11.1 Å². The molecule has 0 aromatic heterocycles. The standard InChI is InChI=1S/C20H26O2/c21-14-6-4-8-17-12-13-19(11-5-7-15-22)20(16-17)18-9-2-1-3-10-18/h1-3,9-10,12-13,16,21-22H,4-8,11,14-15H2. The van der Waals surface area contributed by atoms with Crippen molar-refractivity contribution in [2.24, 2.45) is 0 Å². The van der Waals surface area contributed by atoms with Crippen LogP contribution in [0.3, 0.4) is 0 Å². The van der Waals surface area contributed by atoms with Crippen molar-refractivity contribution in [2.45, 2.75) is 38.5 Å². The third-order valence-corrected chi connectivity index (χ3v) is 3.99. The fourth-order valence-corrected chi connectivity index (χ4v) is 2.75. The molecule has 2 heteroatoms. The minimum atomic E-state index is 0.264. The van der Waals surface area contributed by atoms with E-state index in [1.165, 1.54) is 22.3 Å². The SMILES string of the molecule is OCCCCc1ccc(CCCCO)c(-c2ccccc2)c1. The molecule has 2 rings (SSSR count). The van der Waals surface area contributed by atoms with Crippen LogP contribution in [0.5, 0.6) is 0 Å². The van der Waals surface area contributed by atoms with Crippen LogP contribution in [0.15, 0.2) is 48.5 Å². The largest absolute Gasteiger partial charge is 0.396 e. The summed E-state index contributed by atoms with van der Waals surface area (Å²) in [6.45, 7) is 0.532. The van der Waals surface area contributed by atoms with Crippen LogP contribution < -0.4 is 0 Å². The van der Waals surface area contributed by atoms with Crippen LogP contribution in [0, 0.1) is 0 Å². The normalized spacial score (nSPS) is 10.8. The van der Waals surface area contributed by atoms with E-state index in [0.29, 0.717) is 0 Å². The van der Waals surface area contributed by atoms with Crippen molar-refractivity contribution >= 4 is 0 Å². The minimum absolute atomic E-state index is 0.264. The highest BCUT2D eigenvalue weighted by Crippen LogP contribution is 2.27. The van der Waals surface area contributed by atoms with E-state index in [4.69, 9.17) is 10.2 Å². The molecule has 2 aromatic rings. The number of hydrogen-bond acceptors (Lipinski definition) is 2. The molecule has 0 aliphatic heterocycles. The highest BCUT2D eigenvalue weighted by Gasteiger charge is 2.06. The molecule has 2 N–H and O–H groups in total. The van der Waals surface area contributed by atoms with Gasteiger partial charge in [0.15, 0.2) is 0 Å². The zero-order valence-electron chi connectivity index (χ0n) is 13.2. The second-order valence-electron chi connectivity index (χ2n) is 5.72. The van der Waals surface area contributed by atoms with E-state index in [9.17, 15) is 0 Å². The van der Waals surface area contributed by atoms with Crippen LogP contribution in [0.2, 0.25) is 0 Å². The van der Waals surface area contributed by atoms with E-state index >= 15 is 0 Å². The minimum Gasteiger partial charge on any atom is -0.396 e. The predicted molar refractivity (Wildman–Crippen MR) is 91.9 cm³/mol. The maximum absolute atomic E-state index is 8.97. The number of aryl methyl sites for hydroxylation is 2. The molecule has 22 heavy (non-hydrogen) atoms. The third-order valence-electron chi connectivity index (χ3n) is 3.99. The monoisotopic (exact) mass is 298 g/mol. The first-order chi connectivity index (χ1) is 10.8. The fourth-order valence-electron chi connectivity index (χ4n) is 2.75. The molecule has 118 valence electrons. The molecule has 0 aliphatic carbocycles. The summed E-state index contributed by atoms with van der Waals surface area (Å²) < 4.78 is 0. The van der Waals surface area contributed by atoms with Gasteiger partial charge in [0.2, 0.25) is 0 Å². The van der Waals surface area contributed by atoms with Crippen LogP contribution in [0.4, 0.5) is 0 Å². The molecule has 0 saturated heterocycles. The Morgan fingerprint density at radius 3 is 2.05 bits per heavy atom. The highest BCUT2D eigenvalue weighted by atomic mass is 16.3. The summed E-state index contributed by atoms with van der Waals surface area (Å²) in [4.78, 5) is 0. The van der Waals surface area contributed by atoms with Crippen LogP contribution >= 0.6 is 0 Å². The first-order valence-electron chi connectivity index (χ1n) is 8.24. The fraction of sp³-hybridized carbons (Fsp3) is 0.400. The summed E-state index contributed by atoms with van der Waals surface area (Å²) in [7, 11) is 0. The second kappa shape index (κ2) is 9.39. The summed E-state index contributed by atoms with van der Waals surface area (Å²) >= 11 is 0. The first kappa shape index (κ1) is 16.7. The van der Waals surface area contributed by atoms with E-state index in [1.807, 2.05) is 6.07 Å². The van der Waals surface area contributed by atoms with Crippen molar-refractivity contribution in [3.05, 3.63) is 59.7 Å². The van der Waals surface area contributed by atoms with Gasteiger partial charge in [-0.3, -0.25) is 0 Å². The molecule has 2 nitrogen and oxygen atoms in total. The van der Waals surface area contributed by atoms with Gasteiger partial charge in [0.1, 0.15) is 0 Å². The number of aliphatic hydroxyl groups is 2. The number of benzene rings is 2. The Labute approximate surface area is 133 Å². The lowest BCUT2D eigenvalue weighted by molar-refractivity contribution is 0.284. The molecule has 0 bridgehead atoms. The maximum atomic E-state index is 8.97. The van der Waals surface area contributed by atoms with Crippen molar-refractivity contribution in [3.63, 3.8) is 0 Å². The number of unbranched alkanes of at least 4 members (excludes halogenated alkanes) is 2. The molecular weight excluding hydrogens is 272 g/mol. The summed E-state index contributed by atoms with van der Waals surface area (Å²) in [5.41, 5.74) is 5.24. The Kier molecular flexibility index (Phi) is 7.14. The van der Waals surface area contributed by atoms with E-state index in [2.05, 4.69) is 42.5 Å². The van der Waals surface area contributed by atoms with Crippen molar-refractivity contribution in [2.75, 3.05) is 13.2 Å². The number of hydrogen-bond donors (Lipinski definition) is 2. The topological polar surface area (TPSA) is 40.5 Å². The Hall–Kier alpha value is -1.64. The number of aliphatic hydroxyl groups excluding tert-OH is 2. The molecule has 0 radical (unpaired) electrons. The van der Waals surface area contributed by atoms with Crippen molar-refractivity contribution in [1.82, 2.24) is 0 Å². The Morgan fingerprint density at radius 1 is 0.682 bits per heavy atom. The number of rotatable bonds is 9. The third kappa shape index (κ3) is 4.97. The quantitative estimate of drug-likeness (QED) is 0.687. The Morgan fingerprint density at radius 2 is 1.36 bits per heavy atom. The van der Waals surface area contributed by atoms with Crippen molar-refractivity contribution in [1.29, 1.82) is 0 Å². The molecule has 0 unspecified atom stereocenters. The van der Waals surface area contributed by atoms with Gasteiger partial charge >= 0.3 is 0 Å². The Bertz CT molecular complexity index is 549. The van der Waals surface area contributed by atoms with E-state index in [1.54, 1.807) is 0 Å². The van der Waals surface area contributed by atoms with Crippen LogP contribution in [-0.4, -0.2) is 23.4 Å². The summed E-state index contributed by atoms with van der Waals surface area (Å²) in [5.74, 6) is 0. The van der Waals surface area contributed by atoms with Gasteiger partial charge in [-0.2, -0.15) is 0 Å². The second-order valence-corrected chi connectivity index (χ2v) is 5.72. The zero-order valence-corrected chi connectivity index (χ0v) is 13.2. The van der Waals surface area contributed by atoms with Gasteiger partial charge < -0.3 is 10.2 Å². The van der Waals surface area contributed by atoms with Crippen LogP contribution in [0.1, 0.15) is 36.8 Å². The lowest BCUT2D eigenvalue weighted by Gasteiger charge is -2.12. The van der Waals surface area contributed by atoms with Crippen LogP contribution in [-0.2, 0) is 12.8 Å². The van der Waals surface area contributed by atoms with Gasteiger partial charge in [0, 0.05) is 13.2 Å². The zero-order chi connectivity index (χ0) is 15.6. The van der Waals surface area contributed by atoms with Gasteiger partial charge in [-0.15, -0.1) is 0 Å². The maximum Gasteiger partial charge on any atom is 0.0431 e. The van der Waals surface area contributed by atoms with E-state index in [0.717, 1.165) is 38.5 Å². The smallest absolute Gasteiger partial charge is 0.0431 e.